The minimum Gasteiger partial charge on any atom is -0.370 e. The van der Waals surface area contributed by atoms with Crippen molar-refractivity contribution in [2.75, 3.05) is 38.1 Å². The Morgan fingerprint density at radius 1 is 1.00 bits per heavy atom. The quantitative estimate of drug-likeness (QED) is 0.691. The second-order valence-electron chi connectivity index (χ2n) is 4.43. The van der Waals surface area contributed by atoms with Gasteiger partial charge in [0.15, 0.2) is 0 Å². The van der Waals surface area contributed by atoms with Gasteiger partial charge in [0.25, 0.3) is 0 Å². The van der Waals surface area contributed by atoms with E-state index in [1.165, 1.54) is 37.3 Å². The number of hydrogen-bond donors (Lipinski definition) is 0. The van der Waals surface area contributed by atoms with E-state index in [9.17, 15) is 0 Å². The highest BCUT2D eigenvalue weighted by atomic mass is 15.2. The van der Waals surface area contributed by atoms with Crippen molar-refractivity contribution in [2.45, 2.75) is 13.3 Å². The van der Waals surface area contributed by atoms with Crippen molar-refractivity contribution in [2.24, 2.45) is 0 Å². The van der Waals surface area contributed by atoms with E-state index in [1.807, 2.05) is 0 Å². The van der Waals surface area contributed by atoms with Crippen LogP contribution in [-0.2, 0) is 0 Å². The maximum Gasteiger partial charge on any atom is 0.0396 e. The predicted molar refractivity (Wildman–Crippen MR) is 65.5 cm³/mol. The van der Waals surface area contributed by atoms with Gasteiger partial charge in [0, 0.05) is 25.3 Å². The minimum absolute atomic E-state index is 1.15. The maximum absolute atomic E-state index is 2.51. The maximum atomic E-state index is 2.51. The fourth-order valence-electron chi connectivity index (χ4n) is 2.21. The first kappa shape index (κ1) is 10.5. The van der Waals surface area contributed by atoms with Crippen LogP contribution in [0, 0.1) is 6.92 Å². The van der Waals surface area contributed by atoms with E-state index >= 15 is 0 Å². The Bertz CT molecular complexity index is 322. The molecular weight excluding hydrogens is 184 g/mol. The van der Waals surface area contributed by atoms with Gasteiger partial charge in [0.1, 0.15) is 0 Å². The molecule has 2 nitrogen and oxygen atoms in total. The topological polar surface area (TPSA) is 6.48 Å². The van der Waals surface area contributed by atoms with Crippen LogP contribution >= 0.6 is 0 Å². The summed E-state index contributed by atoms with van der Waals surface area (Å²) < 4.78 is 0. The highest BCUT2D eigenvalue weighted by Gasteiger charge is 2.13. The summed E-state index contributed by atoms with van der Waals surface area (Å²) in [7, 11) is 2.21. The van der Waals surface area contributed by atoms with E-state index in [1.54, 1.807) is 0 Å². The summed E-state index contributed by atoms with van der Waals surface area (Å²) in [5, 5.41) is 0. The van der Waals surface area contributed by atoms with Gasteiger partial charge in [-0.1, -0.05) is 18.2 Å². The zero-order valence-corrected chi connectivity index (χ0v) is 9.74. The van der Waals surface area contributed by atoms with E-state index in [4.69, 9.17) is 0 Å². The molecule has 15 heavy (non-hydrogen) atoms. The molecule has 2 heteroatoms. The normalized spacial score (nSPS) is 18.9. The van der Waals surface area contributed by atoms with E-state index < -0.39 is 0 Å². The Labute approximate surface area is 92.5 Å². The molecule has 0 bridgehead atoms. The Morgan fingerprint density at radius 2 is 1.80 bits per heavy atom. The zero-order chi connectivity index (χ0) is 10.7. The second-order valence-corrected chi connectivity index (χ2v) is 4.43. The number of hydrogen-bond acceptors (Lipinski definition) is 2. The van der Waals surface area contributed by atoms with Gasteiger partial charge in [0.05, 0.1) is 0 Å². The molecule has 1 aromatic carbocycles. The van der Waals surface area contributed by atoms with Gasteiger partial charge < -0.3 is 9.80 Å². The average Bonchev–Trinajstić information content (AvgIpc) is 2.44. The van der Waals surface area contributed by atoms with Crippen molar-refractivity contribution >= 4 is 5.69 Å². The molecule has 1 aromatic rings. The number of nitrogens with zero attached hydrogens (tertiary/aromatic N) is 2. The molecule has 1 fully saturated rings. The Kier molecular flexibility index (Phi) is 3.27. The van der Waals surface area contributed by atoms with Gasteiger partial charge >= 0.3 is 0 Å². The fraction of sp³-hybridized carbons (Fsp3) is 0.538. The molecule has 0 aromatic heterocycles. The molecule has 1 aliphatic heterocycles. The lowest BCUT2D eigenvalue weighted by Crippen LogP contribution is -2.29. The zero-order valence-electron chi connectivity index (χ0n) is 9.74. The summed E-state index contributed by atoms with van der Waals surface area (Å²) in [4.78, 5) is 4.93. The lowest BCUT2D eigenvalue weighted by Gasteiger charge is -2.24. The summed E-state index contributed by atoms with van der Waals surface area (Å²) in [6.07, 6.45) is 1.27. The predicted octanol–water partition coefficient (Wildman–Crippen LogP) is 2.14. The molecule has 0 unspecified atom stereocenters. The van der Waals surface area contributed by atoms with Gasteiger partial charge in [-0.3, -0.25) is 0 Å². The van der Waals surface area contributed by atoms with Crippen LogP contribution in [0.3, 0.4) is 0 Å². The van der Waals surface area contributed by atoms with Gasteiger partial charge in [-0.15, -0.1) is 0 Å². The van der Waals surface area contributed by atoms with Crippen LogP contribution in [0.5, 0.6) is 0 Å². The van der Waals surface area contributed by atoms with Crippen LogP contribution in [0.1, 0.15) is 12.0 Å². The van der Waals surface area contributed by atoms with E-state index in [2.05, 4.69) is 48.0 Å². The molecule has 0 atom stereocenters. The fourth-order valence-corrected chi connectivity index (χ4v) is 2.21. The molecule has 0 amide bonds. The first-order valence-electron chi connectivity index (χ1n) is 5.76. The first-order chi connectivity index (χ1) is 7.27. The Morgan fingerprint density at radius 3 is 2.60 bits per heavy atom. The molecule has 0 spiro atoms. The highest BCUT2D eigenvalue weighted by molar-refractivity contribution is 5.53. The third-order valence-electron chi connectivity index (χ3n) is 3.18. The molecule has 0 saturated carbocycles. The molecule has 0 aliphatic carbocycles. The number of para-hydroxylation sites is 1. The average molecular weight is 204 g/mol. The van der Waals surface area contributed by atoms with Crippen molar-refractivity contribution in [3.8, 4) is 0 Å². The third-order valence-corrected chi connectivity index (χ3v) is 3.18. The van der Waals surface area contributed by atoms with Crippen LogP contribution in [0.15, 0.2) is 24.3 Å². The van der Waals surface area contributed by atoms with Gasteiger partial charge in [0.2, 0.25) is 0 Å². The van der Waals surface area contributed by atoms with Crippen molar-refractivity contribution in [1.29, 1.82) is 0 Å². The van der Waals surface area contributed by atoms with Crippen molar-refractivity contribution in [1.82, 2.24) is 4.90 Å². The van der Waals surface area contributed by atoms with Crippen molar-refractivity contribution in [3.63, 3.8) is 0 Å². The number of aryl methyl sites for hydroxylation is 1. The van der Waals surface area contributed by atoms with Crippen molar-refractivity contribution in [3.05, 3.63) is 29.8 Å². The minimum atomic E-state index is 1.15. The molecule has 2 rings (SSSR count). The largest absolute Gasteiger partial charge is 0.370 e. The SMILES string of the molecule is Cc1ccccc1N1CCCN(C)CC1. The number of anilines is 1. The highest BCUT2D eigenvalue weighted by Crippen LogP contribution is 2.20. The summed E-state index contributed by atoms with van der Waals surface area (Å²) in [6, 6.07) is 8.68. The summed E-state index contributed by atoms with van der Waals surface area (Å²) in [6.45, 7) is 6.94. The molecular formula is C13H20N2. The summed E-state index contributed by atoms with van der Waals surface area (Å²) >= 11 is 0. The Balaban J connectivity index is 2.13. The van der Waals surface area contributed by atoms with E-state index in [0.29, 0.717) is 0 Å². The summed E-state index contributed by atoms with van der Waals surface area (Å²) in [5.41, 5.74) is 2.80. The standard InChI is InChI=1S/C13H20N2/c1-12-6-3-4-7-13(12)15-9-5-8-14(2)10-11-15/h3-4,6-7H,5,8-11H2,1-2H3. The lowest BCUT2D eigenvalue weighted by molar-refractivity contribution is 0.360. The molecule has 0 radical (unpaired) electrons. The molecule has 1 aliphatic rings. The van der Waals surface area contributed by atoms with E-state index in [0.717, 1.165) is 6.54 Å². The molecule has 1 heterocycles. The van der Waals surface area contributed by atoms with Gasteiger partial charge in [-0.05, 0) is 38.6 Å². The van der Waals surface area contributed by atoms with Gasteiger partial charge in [-0.2, -0.15) is 0 Å². The second kappa shape index (κ2) is 4.67. The number of benzene rings is 1. The summed E-state index contributed by atoms with van der Waals surface area (Å²) in [5.74, 6) is 0. The van der Waals surface area contributed by atoms with Crippen LogP contribution in [0.25, 0.3) is 0 Å². The lowest BCUT2D eigenvalue weighted by atomic mass is 10.2. The van der Waals surface area contributed by atoms with Crippen molar-refractivity contribution < 1.29 is 0 Å². The first-order valence-corrected chi connectivity index (χ1v) is 5.76. The van der Waals surface area contributed by atoms with Crippen LogP contribution in [-0.4, -0.2) is 38.1 Å². The van der Waals surface area contributed by atoms with Crippen LogP contribution in [0.4, 0.5) is 5.69 Å². The molecule has 0 N–H and O–H groups in total. The van der Waals surface area contributed by atoms with Crippen LogP contribution in [0.2, 0.25) is 0 Å². The Hall–Kier alpha value is -1.02. The van der Waals surface area contributed by atoms with Crippen LogP contribution < -0.4 is 4.90 Å². The third kappa shape index (κ3) is 2.51. The number of rotatable bonds is 1. The van der Waals surface area contributed by atoms with E-state index in [-0.39, 0.29) is 0 Å². The number of likely N-dealkylation sites (N-methyl/N-ethyl adjacent to an activating group) is 1. The van der Waals surface area contributed by atoms with Gasteiger partial charge in [-0.25, -0.2) is 0 Å². The molecule has 1 saturated heterocycles. The smallest absolute Gasteiger partial charge is 0.0396 e. The molecule has 82 valence electrons. The monoisotopic (exact) mass is 204 g/mol.